The van der Waals surface area contributed by atoms with Gasteiger partial charge in [0.15, 0.2) is 0 Å². The number of carbonyl (C=O) groups excluding carboxylic acids is 1. The standard InChI is InChI=1S/C15H21NO3/c1-18-15(17)14-6-4-13(5-7-14)12-16-8-2-3-10-19-11-9-16/h4-7H,2-3,8-12H2,1H3. The maximum Gasteiger partial charge on any atom is 0.337 e. The fraction of sp³-hybridized carbons (Fsp3) is 0.533. The van der Waals surface area contributed by atoms with Crippen LogP contribution in [0.5, 0.6) is 0 Å². The maximum absolute atomic E-state index is 11.3. The summed E-state index contributed by atoms with van der Waals surface area (Å²) < 4.78 is 10.2. The molecule has 0 aromatic heterocycles. The quantitative estimate of drug-likeness (QED) is 0.783. The van der Waals surface area contributed by atoms with E-state index in [1.165, 1.54) is 19.1 Å². The molecule has 1 aromatic carbocycles. The second-order valence-electron chi connectivity index (χ2n) is 4.78. The van der Waals surface area contributed by atoms with Crippen LogP contribution in [0, 0.1) is 0 Å². The molecule has 0 N–H and O–H groups in total. The van der Waals surface area contributed by atoms with Gasteiger partial charge < -0.3 is 9.47 Å². The van der Waals surface area contributed by atoms with Crippen molar-refractivity contribution in [3.05, 3.63) is 35.4 Å². The fourth-order valence-corrected chi connectivity index (χ4v) is 2.23. The van der Waals surface area contributed by atoms with Crippen molar-refractivity contribution in [2.45, 2.75) is 19.4 Å². The molecule has 0 unspecified atom stereocenters. The molecular formula is C15H21NO3. The largest absolute Gasteiger partial charge is 0.465 e. The first-order valence-corrected chi connectivity index (χ1v) is 6.77. The topological polar surface area (TPSA) is 38.8 Å². The molecular weight excluding hydrogens is 242 g/mol. The highest BCUT2D eigenvalue weighted by atomic mass is 16.5. The van der Waals surface area contributed by atoms with Crippen LogP contribution in [0.1, 0.15) is 28.8 Å². The highest BCUT2D eigenvalue weighted by Crippen LogP contribution is 2.10. The Bertz CT molecular complexity index is 394. The van der Waals surface area contributed by atoms with E-state index < -0.39 is 0 Å². The third-order valence-corrected chi connectivity index (χ3v) is 3.35. The number of nitrogens with zero attached hydrogens (tertiary/aromatic N) is 1. The van der Waals surface area contributed by atoms with Crippen molar-refractivity contribution in [2.24, 2.45) is 0 Å². The number of carbonyl (C=O) groups is 1. The molecule has 0 radical (unpaired) electrons. The Balaban J connectivity index is 1.92. The van der Waals surface area contributed by atoms with Crippen LogP contribution in [-0.2, 0) is 16.0 Å². The molecule has 19 heavy (non-hydrogen) atoms. The Morgan fingerprint density at radius 1 is 1.21 bits per heavy atom. The Hall–Kier alpha value is -1.39. The fourth-order valence-electron chi connectivity index (χ4n) is 2.23. The molecule has 0 saturated carbocycles. The lowest BCUT2D eigenvalue weighted by atomic mass is 10.1. The molecule has 0 amide bonds. The van der Waals surface area contributed by atoms with Crippen molar-refractivity contribution in [3.8, 4) is 0 Å². The van der Waals surface area contributed by atoms with Gasteiger partial charge in [-0.25, -0.2) is 4.79 Å². The van der Waals surface area contributed by atoms with Gasteiger partial charge in [0.25, 0.3) is 0 Å². The molecule has 1 aliphatic heterocycles. The molecule has 2 rings (SSSR count). The van der Waals surface area contributed by atoms with Crippen LogP contribution < -0.4 is 0 Å². The summed E-state index contributed by atoms with van der Waals surface area (Å²) in [4.78, 5) is 13.7. The number of hydrogen-bond donors (Lipinski definition) is 0. The van der Waals surface area contributed by atoms with E-state index in [0.717, 1.165) is 39.3 Å². The van der Waals surface area contributed by atoms with Crippen LogP contribution in [0.2, 0.25) is 0 Å². The van der Waals surface area contributed by atoms with Crippen LogP contribution in [0.3, 0.4) is 0 Å². The normalized spacial score (nSPS) is 17.5. The van der Waals surface area contributed by atoms with Gasteiger partial charge in [-0.3, -0.25) is 4.90 Å². The van der Waals surface area contributed by atoms with Gasteiger partial charge in [-0.1, -0.05) is 12.1 Å². The van der Waals surface area contributed by atoms with Gasteiger partial charge >= 0.3 is 5.97 Å². The maximum atomic E-state index is 11.3. The minimum atomic E-state index is -0.286. The molecule has 4 heteroatoms. The number of ether oxygens (including phenoxy) is 2. The monoisotopic (exact) mass is 263 g/mol. The zero-order chi connectivity index (χ0) is 13.5. The number of methoxy groups -OCH3 is 1. The highest BCUT2D eigenvalue weighted by Gasteiger charge is 2.10. The lowest BCUT2D eigenvalue weighted by Gasteiger charge is -2.24. The van der Waals surface area contributed by atoms with E-state index in [9.17, 15) is 4.79 Å². The molecule has 1 heterocycles. The van der Waals surface area contributed by atoms with E-state index in [0.29, 0.717) is 5.56 Å². The van der Waals surface area contributed by atoms with Gasteiger partial charge in [0.05, 0.1) is 19.3 Å². The lowest BCUT2D eigenvalue weighted by molar-refractivity contribution is 0.0600. The van der Waals surface area contributed by atoms with Gasteiger partial charge in [-0.2, -0.15) is 0 Å². The second-order valence-corrected chi connectivity index (χ2v) is 4.78. The van der Waals surface area contributed by atoms with Gasteiger partial charge in [-0.05, 0) is 37.1 Å². The van der Waals surface area contributed by atoms with E-state index in [1.807, 2.05) is 24.3 Å². The summed E-state index contributed by atoms with van der Waals surface area (Å²) in [6.45, 7) is 4.69. The summed E-state index contributed by atoms with van der Waals surface area (Å²) in [6.07, 6.45) is 2.32. The first kappa shape index (κ1) is 14.0. The molecule has 0 spiro atoms. The first-order chi connectivity index (χ1) is 9.29. The van der Waals surface area contributed by atoms with E-state index in [1.54, 1.807) is 0 Å². The summed E-state index contributed by atoms with van der Waals surface area (Å²) in [5.41, 5.74) is 1.82. The Labute approximate surface area is 114 Å². The Morgan fingerprint density at radius 2 is 2.00 bits per heavy atom. The van der Waals surface area contributed by atoms with Crippen LogP contribution in [0.25, 0.3) is 0 Å². The molecule has 1 saturated heterocycles. The molecule has 104 valence electrons. The smallest absolute Gasteiger partial charge is 0.337 e. The first-order valence-electron chi connectivity index (χ1n) is 6.77. The molecule has 1 aliphatic rings. The van der Waals surface area contributed by atoms with E-state index in [2.05, 4.69) is 4.90 Å². The van der Waals surface area contributed by atoms with Crippen LogP contribution >= 0.6 is 0 Å². The number of rotatable bonds is 3. The average molecular weight is 263 g/mol. The van der Waals surface area contributed by atoms with Crippen molar-refractivity contribution < 1.29 is 14.3 Å². The van der Waals surface area contributed by atoms with Crippen LogP contribution in [0.4, 0.5) is 0 Å². The Morgan fingerprint density at radius 3 is 2.74 bits per heavy atom. The van der Waals surface area contributed by atoms with Crippen LogP contribution in [0.15, 0.2) is 24.3 Å². The predicted octanol–water partition coefficient (Wildman–Crippen LogP) is 2.09. The lowest BCUT2D eigenvalue weighted by Crippen LogP contribution is -2.30. The predicted molar refractivity (Wildman–Crippen MR) is 73.1 cm³/mol. The molecule has 4 nitrogen and oxygen atoms in total. The summed E-state index contributed by atoms with van der Waals surface area (Å²) >= 11 is 0. The van der Waals surface area contributed by atoms with Crippen molar-refractivity contribution in [2.75, 3.05) is 33.4 Å². The summed E-state index contributed by atoms with van der Waals surface area (Å²) in [5, 5.41) is 0. The molecule has 1 fully saturated rings. The summed E-state index contributed by atoms with van der Waals surface area (Å²) in [6, 6.07) is 7.63. The Kier molecular flexibility index (Phi) is 5.36. The molecule has 0 bridgehead atoms. The van der Waals surface area contributed by atoms with Crippen molar-refractivity contribution in [1.29, 1.82) is 0 Å². The van der Waals surface area contributed by atoms with Crippen molar-refractivity contribution >= 4 is 5.97 Å². The molecule has 1 aromatic rings. The molecule has 0 atom stereocenters. The SMILES string of the molecule is COC(=O)c1ccc(CN2CCCCOCC2)cc1. The van der Waals surface area contributed by atoms with Crippen molar-refractivity contribution in [1.82, 2.24) is 4.90 Å². The number of hydrogen-bond acceptors (Lipinski definition) is 4. The van der Waals surface area contributed by atoms with Gasteiger partial charge in [0.1, 0.15) is 0 Å². The summed E-state index contributed by atoms with van der Waals surface area (Å²) in [7, 11) is 1.40. The van der Waals surface area contributed by atoms with E-state index in [4.69, 9.17) is 9.47 Å². The van der Waals surface area contributed by atoms with E-state index >= 15 is 0 Å². The minimum absolute atomic E-state index is 0.286. The highest BCUT2D eigenvalue weighted by molar-refractivity contribution is 5.89. The zero-order valence-electron chi connectivity index (χ0n) is 11.4. The van der Waals surface area contributed by atoms with E-state index in [-0.39, 0.29) is 5.97 Å². The van der Waals surface area contributed by atoms with Gasteiger partial charge in [0.2, 0.25) is 0 Å². The molecule has 0 aliphatic carbocycles. The zero-order valence-corrected chi connectivity index (χ0v) is 11.4. The van der Waals surface area contributed by atoms with Gasteiger partial charge in [-0.15, -0.1) is 0 Å². The third-order valence-electron chi connectivity index (χ3n) is 3.35. The average Bonchev–Trinajstić information content (AvgIpc) is 2.41. The van der Waals surface area contributed by atoms with Crippen LogP contribution in [-0.4, -0.2) is 44.3 Å². The second kappa shape index (κ2) is 7.26. The number of esters is 1. The summed E-state index contributed by atoms with van der Waals surface area (Å²) in [5.74, 6) is -0.286. The van der Waals surface area contributed by atoms with Crippen molar-refractivity contribution in [3.63, 3.8) is 0 Å². The number of benzene rings is 1. The third kappa shape index (κ3) is 4.33. The van der Waals surface area contributed by atoms with Gasteiger partial charge in [0, 0.05) is 19.7 Å². The minimum Gasteiger partial charge on any atom is -0.465 e.